The highest BCUT2D eigenvalue weighted by Crippen LogP contribution is 2.41. The molecule has 1 saturated heterocycles. The van der Waals surface area contributed by atoms with E-state index in [-0.39, 0.29) is 0 Å². The number of benzene rings is 2. The molecular weight excluding hydrogens is 296 g/mol. The number of piperidine rings is 1. The van der Waals surface area contributed by atoms with Crippen LogP contribution in [0.3, 0.4) is 0 Å². The van der Waals surface area contributed by atoms with Crippen LogP contribution in [-0.2, 0) is 6.61 Å². The van der Waals surface area contributed by atoms with Crippen molar-refractivity contribution in [3.63, 3.8) is 0 Å². The van der Waals surface area contributed by atoms with Crippen molar-refractivity contribution >= 4 is 0 Å². The van der Waals surface area contributed by atoms with E-state index in [0.717, 1.165) is 18.8 Å². The van der Waals surface area contributed by atoms with Gasteiger partial charge in [0.15, 0.2) is 0 Å². The summed E-state index contributed by atoms with van der Waals surface area (Å²) in [6, 6.07) is 20.4. The summed E-state index contributed by atoms with van der Waals surface area (Å²) in [5.41, 5.74) is 2.64. The van der Waals surface area contributed by atoms with Crippen LogP contribution in [0.25, 0.3) is 0 Å². The van der Waals surface area contributed by atoms with E-state index < -0.39 is 0 Å². The molecule has 2 N–H and O–H groups in total. The number of nitrogens with one attached hydrogen (secondary N) is 2. The molecule has 126 valence electrons. The summed E-state index contributed by atoms with van der Waals surface area (Å²) in [7, 11) is 0. The van der Waals surface area contributed by atoms with Crippen molar-refractivity contribution in [2.45, 2.75) is 43.9 Å². The maximum absolute atomic E-state index is 5.87. The van der Waals surface area contributed by atoms with E-state index >= 15 is 0 Å². The molecule has 2 aromatic carbocycles. The van der Waals surface area contributed by atoms with Crippen LogP contribution in [0.15, 0.2) is 54.6 Å². The largest absolute Gasteiger partial charge is 0.489 e. The van der Waals surface area contributed by atoms with Gasteiger partial charge in [0, 0.05) is 18.0 Å². The second kappa shape index (κ2) is 7.37. The number of ether oxygens (including phenoxy) is 1. The fraction of sp³-hybridized carbons (Fsp3) is 0.429. The molecule has 0 amide bonds. The van der Waals surface area contributed by atoms with Crippen LogP contribution in [0.2, 0.25) is 0 Å². The molecule has 0 radical (unpaired) electrons. The first-order chi connectivity index (χ1) is 11.9. The molecule has 1 saturated carbocycles. The highest BCUT2D eigenvalue weighted by atomic mass is 16.5. The number of hydrogen-bond donors (Lipinski definition) is 2. The monoisotopic (exact) mass is 322 g/mol. The maximum atomic E-state index is 5.87. The summed E-state index contributed by atoms with van der Waals surface area (Å²) in [6.45, 7) is 2.94. The van der Waals surface area contributed by atoms with Gasteiger partial charge in [-0.15, -0.1) is 0 Å². The van der Waals surface area contributed by atoms with E-state index in [0.29, 0.717) is 24.6 Å². The van der Waals surface area contributed by atoms with Crippen LogP contribution < -0.4 is 15.4 Å². The molecule has 24 heavy (non-hydrogen) atoms. The van der Waals surface area contributed by atoms with Crippen molar-refractivity contribution in [2.24, 2.45) is 0 Å². The number of rotatable bonds is 6. The first kappa shape index (κ1) is 15.7. The van der Waals surface area contributed by atoms with Gasteiger partial charge in [0.2, 0.25) is 0 Å². The van der Waals surface area contributed by atoms with Crippen LogP contribution in [0, 0.1) is 0 Å². The Hall–Kier alpha value is -1.84. The van der Waals surface area contributed by atoms with Crippen molar-refractivity contribution in [1.82, 2.24) is 10.6 Å². The zero-order valence-electron chi connectivity index (χ0n) is 14.1. The SMILES string of the molecule is c1ccc(COc2ccc([C@H]3C[C@@H]3NC3CCNCC3)cc2)cc1. The van der Waals surface area contributed by atoms with Gasteiger partial charge in [-0.3, -0.25) is 0 Å². The fourth-order valence-corrected chi connectivity index (χ4v) is 3.59. The van der Waals surface area contributed by atoms with E-state index in [1.54, 1.807) is 0 Å². The lowest BCUT2D eigenvalue weighted by atomic mass is 10.1. The van der Waals surface area contributed by atoms with Gasteiger partial charge in [-0.2, -0.15) is 0 Å². The minimum atomic E-state index is 0.628. The predicted octanol–water partition coefficient (Wildman–Crippen LogP) is 3.46. The Morgan fingerprint density at radius 3 is 2.46 bits per heavy atom. The zero-order chi connectivity index (χ0) is 16.2. The molecule has 2 aromatic rings. The van der Waals surface area contributed by atoms with E-state index in [1.165, 1.54) is 30.4 Å². The summed E-state index contributed by atoms with van der Waals surface area (Å²) in [5, 5.41) is 7.26. The van der Waals surface area contributed by atoms with Crippen LogP contribution in [0.4, 0.5) is 0 Å². The average Bonchev–Trinajstić information content (AvgIpc) is 3.41. The zero-order valence-corrected chi connectivity index (χ0v) is 14.1. The Labute approximate surface area is 144 Å². The molecule has 2 fully saturated rings. The summed E-state index contributed by atoms with van der Waals surface area (Å²) in [4.78, 5) is 0. The Balaban J connectivity index is 1.27. The predicted molar refractivity (Wildman–Crippen MR) is 97.4 cm³/mol. The fourth-order valence-electron chi connectivity index (χ4n) is 3.59. The molecule has 0 spiro atoms. The van der Waals surface area contributed by atoms with Crippen LogP contribution in [-0.4, -0.2) is 25.2 Å². The summed E-state index contributed by atoms with van der Waals surface area (Å²) < 4.78 is 5.87. The van der Waals surface area contributed by atoms with Crippen LogP contribution in [0.1, 0.15) is 36.3 Å². The van der Waals surface area contributed by atoms with Crippen molar-refractivity contribution in [2.75, 3.05) is 13.1 Å². The normalized spacial score (nSPS) is 23.8. The van der Waals surface area contributed by atoms with Gasteiger partial charge in [0.1, 0.15) is 12.4 Å². The Morgan fingerprint density at radius 2 is 1.71 bits per heavy atom. The molecule has 1 aliphatic heterocycles. The van der Waals surface area contributed by atoms with E-state index in [1.807, 2.05) is 18.2 Å². The van der Waals surface area contributed by atoms with Gasteiger partial charge in [-0.25, -0.2) is 0 Å². The molecule has 2 aliphatic rings. The standard InChI is InChI=1S/C21H26N2O/c1-2-4-16(5-3-1)15-24-19-8-6-17(7-9-19)20-14-21(20)23-18-10-12-22-13-11-18/h1-9,18,20-23H,10-15H2/t20-,21+/m1/s1. The van der Waals surface area contributed by atoms with Gasteiger partial charge in [0.25, 0.3) is 0 Å². The lowest BCUT2D eigenvalue weighted by molar-refractivity contribution is 0.306. The molecule has 2 atom stereocenters. The molecule has 1 heterocycles. The summed E-state index contributed by atoms with van der Waals surface area (Å²) >= 11 is 0. The van der Waals surface area contributed by atoms with Crippen LogP contribution >= 0.6 is 0 Å². The Bertz CT molecular complexity index is 635. The minimum Gasteiger partial charge on any atom is -0.489 e. The third-order valence-electron chi connectivity index (χ3n) is 5.14. The first-order valence-corrected chi connectivity index (χ1v) is 9.12. The topological polar surface area (TPSA) is 33.3 Å². The molecule has 4 rings (SSSR count). The molecule has 0 aromatic heterocycles. The highest BCUT2D eigenvalue weighted by Gasteiger charge is 2.39. The van der Waals surface area contributed by atoms with Crippen molar-refractivity contribution in [3.8, 4) is 5.75 Å². The third kappa shape index (κ3) is 3.97. The number of hydrogen-bond acceptors (Lipinski definition) is 3. The van der Waals surface area contributed by atoms with E-state index in [4.69, 9.17) is 4.74 Å². The maximum Gasteiger partial charge on any atom is 0.119 e. The van der Waals surface area contributed by atoms with Crippen LogP contribution in [0.5, 0.6) is 5.75 Å². The molecule has 0 bridgehead atoms. The van der Waals surface area contributed by atoms with Crippen molar-refractivity contribution < 1.29 is 4.74 Å². The summed E-state index contributed by atoms with van der Waals surface area (Å²) in [5.74, 6) is 1.63. The lowest BCUT2D eigenvalue weighted by Gasteiger charge is -2.24. The van der Waals surface area contributed by atoms with E-state index in [9.17, 15) is 0 Å². The summed E-state index contributed by atoms with van der Waals surface area (Å²) in [6.07, 6.45) is 3.79. The van der Waals surface area contributed by atoms with E-state index in [2.05, 4.69) is 47.0 Å². The second-order valence-electron chi connectivity index (χ2n) is 6.98. The minimum absolute atomic E-state index is 0.628. The first-order valence-electron chi connectivity index (χ1n) is 9.12. The van der Waals surface area contributed by atoms with Gasteiger partial charge in [0.05, 0.1) is 0 Å². The molecule has 0 unspecified atom stereocenters. The third-order valence-corrected chi connectivity index (χ3v) is 5.14. The molecule has 1 aliphatic carbocycles. The van der Waals surface area contributed by atoms with Gasteiger partial charge in [-0.1, -0.05) is 42.5 Å². The highest BCUT2D eigenvalue weighted by molar-refractivity contribution is 5.34. The van der Waals surface area contributed by atoms with Gasteiger partial charge < -0.3 is 15.4 Å². The Kier molecular flexibility index (Phi) is 4.81. The molecule has 3 heteroatoms. The second-order valence-corrected chi connectivity index (χ2v) is 6.98. The Morgan fingerprint density at radius 1 is 0.958 bits per heavy atom. The smallest absolute Gasteiger partial charge is 0.119 e. The molecule has 3 nitrogen and oxygen atoms in total. The average molecular weight is 322 g/mol. The lowest BCUT2D eigenvalue weighted by Crippen LogP contribution is -2.41. The van der Waals surface area contributed by atoms with Gasteiger partial charge >= 0.3 is 0 Å². The van der Waals surface area contributed by atoms with Crippen molar-refractivity contribution in [1.29, 1.82) is 0 Å². The molecular formula is C21H26N2O. The van der Waals surface area contributed by atoms with Crippen molar-refractivity contribution in [3.05, 3.63) is 65.7 Å². The van der Waals surface area contributed by atoms with Gasteiger partial charge in [-0.05, 0) is 55.6 Å². The quantitative estimate of drug-likeness (QED) is 0.854.